The number of amides is 4. The second-order valence-electron chi connectivity index (χ2n) is 10.0. The summed E-state index contributed by atoms with van der Waals surface area (Å²) in [5.74, 6) is -2.72. The summed E-state index contributed by atoms with van der Waals surface area (Å²) in [6.45, 7) is 1.88. The van der Waals surface area contributed by atoms with E-state index in [1.54, 1.807) is 37.4 Å². The highest BCUT2D eigenvalue weighted by molar-refractivity contribution is 6.01. The molecule has 44 heavy (non-hydrogen) atoms. The lowest BCUT2D eigenvalue weighted by molar-refractivity contribution is -0.143. The molecule has 0 spiro atoms. The molecule has 0 saturated carbocycles. The van der Waals surface area contributed by atoms with Crippen LogP contribution in [0.1, 0.15) is 42.1 Å². The predicted molar refractivity (Wildman–Crippen MR) is 163 cm³/mol. The van der Waals surface area contributed by atoms with Gasteiger partial charge in [-0.25, -0.2) is 4.79 Å². The van der Waals surface area contributed by atoms with Gasteiger partial charge < -0.3 is 35.4 Å². The number of aryl methyl sites for hydroxylation is 1. The van der Waals surface area contributed by atoms with E-state index in [9.17, 15) is 29.1 Å². The van der Waals surface area contributed by atoms with Crippen LogP contribution in [0.5, 0.6) is 5.75 Å². The topological polar surface area (TPSA) is 178 Å². The molecule has 3 rings (SSSR count). The van der Waals surface area contributed by atoms with Crippen molar-refractivity contribution in [1.82, 2.24) is 9.88 Å². The molecule has 13 heteroatoms. The number of para-hydroxylation sites is 1. The molecule has 0 radical (unpaired) electrons. The first kappa shape index (κ1) is 33.0. The number of carbonyl (C=O) groups excluding carboxylic acids is 3. The van der Waals surface area contributed by atoms with E-state index in [-0.39, 0.29) is 30.9 Å². The van der Waals surface area contributed by atoms with Crippen LogP contribution in [0.25, 0.3) is 0 Å². The Balaban J connectivity index is 1.68. The maximum Gasteiger partial charge on any atom is 0.323 e. The van der Waals surface area contributed by atoms with Crippen LogP contribution >= 0.6 is 0 Å². The summed E-state index contributed by atoms with van der Waals surface area (Å²) >= 11 is 0. The molecule has 13 nitrogen and oxygen atoms in total. The number of nitrogens with one attached hydrogen (secondary N) is 2. The van der Waals surface area contributed by atoms with Crippen molar-refractivity contribution in [1.29, 1.82) is 0 Å². The summed E-state index contributed by atoms with van der Waals surface area (Å²) in [6.07, 6.45) is 0.318. The average Bonchev–Trinajstić information content (AvgIpc) is 2.99. The molecule has 0 aliphatic heterocycles. The van der Waals surface area contributed by atoms with Crippen LogP contribution in [0.15, 0.2) is 60.8 Å². The lowest BCUT2D eigenvalue weighted by Crippen LogP contribution is -2.33. The summed E-state index contributed by atoms with van der Waals surface area (Å²) in [4.78, 5) is 67.3. The van der Waals surface area contributed by atoms with E-state index in [4.69, 9.17) is 9.84 Å². The summed E-state index contributed by atoms with van der Waals surface area (Å²) in [5.41, 5.74) is 3.35. The van der Waals surface area contributed by atoms with Crippen LogP contribution in [-0.4, -0.2) is 71.1 Å². The Morgan fingerprint density at radius 3 is 2.20 bits per heavy atom. The smallest absolute Gasteiger partial charge is 0.323 e. The van der Waals surface area contributed by atoms with Gasteiger partial charge in [-0.3, -0.25) is 24.2 Å². The minimum Gasteiger partial charge on any atom is -0.495 e. The van der Waals surface area contributed by atoms with Gasteiger partial charge >= 0.3 is 18.0 Å². The van der Waals surface area contributed by atoms with Crippen LogP contribution < -0.4 is 20.3 Å². The Hall–Kier alpha value is -5.46. The third-order valence-electron chi connectivity index (χ3n) is 6.92. The van der Waals surface area contributed by atoms with Crippen molar-refractivity contribution >= 4 is 46.8 Å². The van der Waals surface area contributed by atoms with E-state index in [0.717, 1.165) is 5.56 Å². The lowest BCUT2D eigenvalue weighted by Gasteiger charge is -2.27. The molecule has 3 aromatic rings. The molecule has 1 atom stereocenters. The maximum atomic E-state index is 13.1. The molecule has 1 heterocycles. The molecule has 1 aromatic heterocycles. The third kappa shape index (κ3) is 9.02. The second-order valence-corrected chi connectivity index (χ2v) is 10.0. The quantitative estimate of drug-likeness (QED) is 0.223. The zero-order chi connectivity index (χ0) is 32.4. The number of carboxylic acid groups (broad SMARTS) is 2. The molecule has 2 aromatic carbocycles. The van der Waals surface area contributed by atoms with Crippen molar-refractivity contribution < 1.29 is 38.9 Å². The number of pyridine rings is 1. The fraction of sp³-hybridized carbons (Fsp3) is 0.290. The number of benzene rings is 2. The van der Waals surface area contributed by atoms with Gasteiger partial charge in [0.2, 0.25) is 11.8 Å². The summed E-state index contributed by atoms with van der Waals surface area (Å²) in [6, 6.07) is 14.1. The van der Waals surface area contributed by atoms with Crippen molar-refractivity contribution in [2.75, 3.05) is 36.7 Å². The molecule has 0 saturated heterocycles. The average molecular weight is 606 g/mol. The number of ether oxygens (including phenoxy) is 1. The van der Waals surface area contributed by atoms with Gasteiger partial charge in [0.25, 0.3) is 0 Å². The normalized spacial score (nSPS) is 11.2. The SMILES string of the molecule is COc1cc(CC(=O)N(C)c2ccc(C(CC(=O)O)N(C)C(=O)CCC(=O)O)nc2)ccc1NC(=O)Nc1ccccc1C. The minimum atomic E-state index is -1.16. The first-order valence-electron chi connectivity index (χ1n) is 13.6. The Morgan fingerprint density at radius 2 is 1.59 bits per heavy atom. The molecule has 232 valence electrons. The first-order chi connectivity index (χ1) is 20.9. The Morgan fingerprint density at radius 1 is 0.886 bits per heavy atom. The van der Waals surface area contributed by atoms with E-state index in [0.29, 0.717) is 28.4 Å². The van der Waals surface area contributed by atoms with E-state index in [1.165, 1.54) is 36.2 Å². The number of carboxylic acids is 2. The molecular weight excluding hydrogens is 570 g/mol. The molecule has 4 N–H and O–H groups in total. The van der Waals surface area contributed by atoms with Crippen molar-refractivity contribution in [3.63, 3.8) is 0 Å². The Labute approximate surface area is 254 Å². The first-order valence-corrected chi connectivity index (χ1v) is 13.6. The zero-order valence-corrected chi connectivity index (χ0v) is 24.9. The summed E-state index contributed by atoms with van der Waals surface area (Å²) in [5, 5.41) is 23.8. The number of carbonyl (C=O) groups is 5. The summed E-state index contributed by atoms with van der Waals surface area (Å²) in [7, 11) is 4.42. The maximum absolute atomic E-state index is 13.1. The number of likely N-dealkylation sites (N-methyl/N-ethyl adjacent to an activating group) is 1. The molecule has 0 bridgehead atoms. The number of anilines is 3. The number of aliphatic carboxylic acids is 2. The number of rotatable bonds is 13. The number of hydrogen-bond acceptors (Lipinski definition) is 7. The molecule has 0 aliphatic carbocycles. The van der Waals surface area contributed by atoms with Crippen LogP contribution in [0.4, 0.5) is 21.9 Å². The van der Waals surface area contributed by atoms with Crippen LogP contribution in [0.3, 0.4) is 0 Å². The summed E-state index contributed by atoms with van der Waals surface area (Å²) < 4.78 is 5.44. The lowest BCUT2D eigenvalue weighted by atomic mass is 10.1. The highest BCUT2D eigenvalue weighted by Crippen LogP contribution is 2.28. The van der Waals surface area contributed by atoms with Gasteiger partial charge in [0.1, 0.15) is 5.75 Å². The van der Waals surface area contributed by atoms with Gasteiger partial charge in [0, 0.05) is 26.2 Å². The molecular formula is C31H35N5O8. The van der Waals surface area contributed by atoms with Gasteiger partial charge in [-0.2, -0.15) is 0 Å². The van der Waals surface area contributed by atoms with E-state index in [2.05, 4.69) is 15.6 Å². The number of methoxy groups -OCH3 is 1. The molecule has 4 amide bonds. The number of aromatic nitrogens is 1. The number of nitrogens with zero attached hydrogens (tertiary/aromatic N) is 3. The standard InChI is InChI=1S/C31H35N5O8/c1-19-7-5-6-8-22(19)33-31(43)34-24-11-9-20(15-26(24)44-4)16-28(38)35(2)21-10-12-23(32-18-21)25(17-30(41)42)36(3)27(37)13-14-29(39)40/h5-12,15,18,25H,13-14,16-17H2,1-4H3,(H,39,40)(H,41,42)(H2,33,34,43). The van der Waals surface area contributed by atoms with Crippen molar-refractivity contribution in [2.24, 2.45) is 0 Å². The van der Waals surface area contributed by atoms with Crippen molar-refractivity contribution in [3.8, 4) is 5.75 Å². The highest BCUT2D eigenvalue weighted by Gasteiger charge is 2.26. The molecule has 1 unspecified atom stereocenters. The van der Waals surface area contributed by atoms with E-state index < -0.39 is 36.3 Å². The zero-order valence-electron chi connectivity index (χ0n) is 24.9. The van der Waals surface area contributed by atoms with E-state index >= 15 is 0 Å². The van der Waals surface area contributed by atoms with Gasteiger partial charge in [0.15, 0.2) is 0 Å². The highest BCUT2D eigenvalue weighted by atomic mass is 16.5. The van der Waals surface area contributed by atoms with Gasteiger partial charge in [-0.05, 0) is 48.4 Å². The predicted octanol–water partition coefficient (Wildman–Crippen LogP) is 4.09. The second kappa shape index (κ2) is 15.1. The minimum absolute atomic E-state index is 0.00670. The third-order valence-corrected chi connectivity index (χ3v) is 6.92. The number of urea groups is 1. The van der Waals surface area contributed by atoms with Gasteiger partial charge in [-0.15, -0.1) is 0 Å². The van der Waals surface area contributed by atoms with Crippen molar-refractivity contribution in [3.05, 3.63) is 77.6 Å². The largest absolute Gasteiger partial charge is 0.495 e. The van der Waals surface area contributed by atoms with E-state index in [1.807, 2.05) is 25.1 Å². The van der Waals surface area contributed by atoms with Gasteiger partial charge in [0.05, 0.1) is 55.7 Å². The fourth-order valence-electron chi connectivity index (χ4n) is 4.34. The van der Waals surface area contributed by atoms with Crippen molar-refractivity contribution in [2.45, 2.75) is 38.6 Å². The number of hydrogen-bond donors (Lipinski definition) is 4. The molecule has 0 fully saturated rings. The monoisotopic (exact) mass is 605 g/mol. The Bertz CT molecular complexity index is 1530. The van der Waals surface area contributed by atoms with Crippen LogP contribution in [0, 0.1) is 6.92 Å². The van der Waals surface area contributed by atoms with Crippen LogP contribution in [0.2, 0.25) is 0 Å². The van der Waals surface area contributed by atoms with Gasteiger partial charge in [-0.1, -0.05) is 24.3 Å². The molecule has 0 aliphatic rings. The van der Waals surface area contributed by atoms with Crippen LogP contribution in [-0.2, 0) is 25.6 Å². The Kier molecular flexibility index (Phi) is 11.4. The fourth-order valence-corrected chi connectivity index (χ4v) is 4.34.